The lowest BCUT2D eigenvalue weighted by Gasteiger charge is -2.04. The van der Waals surface area contributed by atoms with Crippen LogP contribution in [0.1, 0.15) is 15.9 Å². The fourth-order valence-corrected chi connectivity index (χ4v) is 2.02. The number of aromatic hydroxyl groups is 1. The highest BCUT2D eigenvalue weighted by molar-refractivity contribution is 6.42. The van der Waals surface area contributed by atoms with Crippen LogP contribution >= 0.6 is 23.2 Å². The van der Waals surface area contributed by atoms with E-state index in [-0.39, 0.29) is 17.3 Å². The molecule has 0 atom stereocenters. The summed E-state index contributed by atoms with van der Waals surface area (Å²) in [5, 5.41) is 10.4. The van der Waals surface area contributed by atoms with Crippen LogP contribution in [0.15, 0.2) is 42.5 Å². The van der Waals surface area contributed by atoms with Crippen molar-refractivity contribution in [2.45, 2.75) is 0 Å². The number of methoxy groups -OCH3 is 1. The van der Waals surface area contributed by atoms with Crippen LogP contribution in [0.25, 0.3) is 6.08 Å². The lowest BCUT2D eigenvalue weighted by molar-refractivity contribution is 0.104. The van der Waals surface area contributed by atoms with Gasteiger partial charge < -0.3 is 9.84 Å². The van der Waals surface area contributed by atoms with Crippen molar-refractivity contribution in [3.8, 4) is 11.5 Å². The van der Waals surface area contributed by atoms with E-state index in [1.54, 1.807) is 24.3 Å². The summed E-state index contributed by atoms with van der Waals surface area (Å²) >= 11 is 11.7. The summed E-state index contributed by atoms with van der Waals surface area (Å²) in [5.41, 5.74) is 1.18. The normalized spacial score (nSPS) is 10.8. The van der Waals surface area contributed by atoms with Gasteiger partial charge in [0.25, 0.3) is 0 Å². The fourth-order valence-electron chi connectivity index (χ4n) is 1.72. The van der Waals surface area contributed by atoms with Crippen LogP contribution in [-0.4, -0.2) is 18.0 Å². The van der Waals surface area contributed by atoms with Gasteiger partial charge in [-0.2, -0.15) is 0 Å². The number of carbonyl (C=O) groups is 1. The van der Waals surface area contributed by atoms with Gasteiger partial charge in [-0.3, -0.25) is 4.79 Å². The summed E-state index contributed by atoms with van der Waals surface area (Å²) in [4.78, 5) is 12.1. The van der Waals surface area contributed by atoms with Crippen molar-refractivity contribution in [3.05, 3.63) is 63.6 Å². The number of hydrogen-bond acceptors (Lipinski definition) is 3. The summed E-state index contributed by atoms with van der Waals surface area (Å²) < 4.78 is 4.97. The number of phenols is 1. The highest BCUT2D eigenvalue weighted by atomic mass is 35.5. The monoisotopic (exact) mass is 322 g/mol. The first-order valence-electron chi connectivity index (χ1n) is 6.05. The van der Waals surface area contributed by atoms with E-state index in [1.807, 2.05) is 0 Å². The second kappa shape index (κ2) is 6.66. The van der Waals surface area contributed by atoms with Gasteiger partial charge in [-0.05, 0) is 42.0 Å². The summed E-state index contributed by atoms with van der Waals surface area (Å²) in [6, 6.07) is 9.52. The van der Waals surface area contributed by atoms with E-state index in [0.717, 1.165) is 5.56 Å². The molecule has 0 bridgehead atoms. The number of ketones is 1. The zero-order chi connectivity index (χ0) is 15.4. The lowest BCUT2D eigenvalue weighted by atomic mass is 10.1. The lowest BCUT2D eigenvalue weighted by Crippen LogP contribution is -1.95. The van der Waals surface area contributed by atoms with E-state index in [0.29, 0.717) is 15.6 Å². The number of carbonyl (C=O) groups excluding carboxylic acids is 1. The van der Waals surface area contributed by atoms with Crippen LogP contribution < -0.4 is 4.74 Å². The molecule has 3 nitrogen and oxygen atoms in total. The average Bonchev–Trinajstić information content (AvgIpc) is 2.48. The number of phenolic OH excluding ortho intramolecular Hbond substituents is 1. The first kappa shape index (κ1) is 15.4. The minimum atomic E-state index is -0.209. The maximum atomic E-state index is 12.1. The first-order valence-corrected chi connectivity index (χ1v) is 6.81. The second-order valence-electron chi connectivity index (χ2n) is 4.26. The van der Waals surface area contributed by atoms with Crippen LogP contribution in [0.2, 0.25) is 10.0 Å². The molecule has 0 aliphatic carbocycles. The van der Waals surface area contributed by atoms with Gasteiger partial charge in [0.05, 0.1) is 17.2 Å². The van der Waals surface area contributed by atoms with Gasteiger partial charge in [-0.1, -0.05) is 35.3 Å². The Hall–Kier alpha value is -1.97. The molecule has 0 unspecified atom stereocenters. The molecule has 2 aromatic carbocycles. The van der Waals surface area contributed by atoms with Crippen molar-refractivity contribution in [1.29, 1.82) is 0 Å². The van der Waals surface area contributed by atoms with Gasteiger partial charge in [0, 0.05) is 5.56 Å². The molecular weight excluding hydrogens is 311 g/mol. The molecule has 2 aromatic rings. The maximum absolute atomic E-state index is 12.1. The third-order valence-electron chi connectivity index (χ3n) is 2.84. The van der Waals surface area contributed by atoms with Crippen LogP contribution in [0.4, 0.5) is 0 Å². The third-order valence-corrected chi connectivity index (χ3v) is 3.57. The number of hydrogen-bond donors (Lipinski definition) is 1. The predicted molar refractivity (Wildman–Crippen MR) is 84.5 cm³/mol. The quantitative estimate of drug-likeness (QED) is 0.660. The Balaban J connectivity index is 2.20. The molecule has 21 heavy (non-hydrogen) atoms. The molecule has 0 amide bonds. The van der Waals surface area contributed by atoms with Crippen molar-refractivity contribution in [1.82, 2.24) is 0 Å². The third kappa shape index (κ3) is 3.78. The first-order chi connectivity index (χ1) is 10.0. The smallest absolute Gasteiger partial charge is 0.185 e. The topological polar surface area (TPSA) is 46.5 Å². The molecule has 0 saturated heterocycles. The maximum Gasteiger partial charge on any atom is 0.185 e. The Bertz CT molecular complexity index is 709. The van der Waals surface area contributed by atoms with E-state index in [9.17, 15) is 9.90 Å². The Morgan fingerprint density at radius 1 is 1.14 bits per heavy atom. The van der Waals surface area contributed by atoms with Gasteiger partial charge in [0.1, 0.15) is 0 Å². The van der Waals surface area contributed by atoms with Crippen molar-refractivity contribution in [2.75, 3.05) is 7.11 Å². The minimum Gasteiger partial charge on any atom is -0.504 e. The zero-order valence-electron chi connectivity index (χ0n) is 11.1. The summed E-state index contributed by atoms with van der Waals surface area (Å²) in [7, 11) is 1.43. The highest BCUT2D eigenvalue weighted by Crippen LogP contribution is 2.27. The van der Waals surface area contributed by atoms with Gasteiger partial charge in [-0.25, -0.2) is 0 Å². The molecule has 0 spiro atoms. The molecule has 5 heteroatoms. The second-order valence-corrected chi connectivity index (χ2v) is 5.07. The molecular formula is C16H12Cl2O3. The molecule has 0 aliphatic heterocycles. The van der Waals surface area contributed by atoms with Crippen molar-refractivity contribution >= 4 is 35.1 Å². The molecule has 0 aromatic heterocycles. The Labute approximate surface area is 132 Å². The summed E-state index contributed by atoms with van der Waals surface area (Å²) in [5.74, 6) is 0.0330. The SMILES string of the molecule is COc1cc(C(=O)C=Cc2ccc(Cl)c(Cl)c2)ccc1O. The minimum absolute atomic E-state index is 0.0116. The molecule has 108 valence electrons. The molecule has 0 saturated carbocycles. The molecule has 0 fully saturated rings. The van der Waals surface area contributed by atoms with Crippen LogP contribution in [0, 0.1) is 0 Å². The fraction of sp³-hybridized carbons (Fsp3) is 0.0625. The van der Waals surface area contributed by atoms with E-state index >= 15 is 0 Å². The average molecular weight is 323 g/mol. The number of halogens is 2. The van der Waals surface area contributed by atoms with E-state index < -0.39 is 0 Å². The van der Waals surface area contributed by atoms with Gasteiger partial charge in [0.2, 0.25) is 0 Å². The highest BCUT2D eigenvalue weighted by Gasteiger charge is 2.07. The van der Waals surface area contributed by atoms with Crippen LogP contribution in [-0.2, 0) is 0 Å². The van der Waals surface area contributed by atoms with Crippen molar-refractivity contribution in [2.24, 2.45) is 0 Å². The predicted octanol–water partition coefficient (Wildman–Crippen LogP) is 4.60. The summed E-state index contributed by atoms with van der Waals surface area (Å²) in [6.45, 7) is 0. The number of ether oxygens (including phenoxy) is 1. The van der Waals surface area contributed by atoms with Crippen LogP contribution in [0.5, 0.6) is 11.5 Å². The Morgan fingerprint density at radius 3 is 2.57 bits per heavy atom. The van der Waals surface area contributed by atoms with Gasteiger partial charge in [-0.15, -0.1) is 0 Å². The van der Waals surface area contributed by atoms with Crippen molar-refractivity contribution in [3.63, 3.8) is 0 Å². The standard InChI is InChI=1S/C16H12Cl2O3/c1-21-16-9-11(4-7-15(16)20)14(19)6-3-10-2-5-12(17)13(18)8-10/h2-9,20H,1H3. The van der Waals surface area contributed by atoms with Gasteiger partial charge in [0.15, 0.2) is 17.3 Å². The van der Waals surface area contributed by atoms with E-state index in [2.05, 4.69) is 0 Å². The zero-order valence-corrected chi connectivity index (χ0v) is 12.7. The van der Waals surface area contributed by atoms with E-state index in [4.69, 9.17) is 27.9 Å². The van der Waals surface area contributed by atoms with Crippen LogP contribution in [0.3, 0.4) is 0 Å². The number of allylic oxidation sites excluding steroid dienone is 1. The molecule has 0 radical (unpaired) electrons. The molecule has 1 N–H and O–H groups in total. The molecule has 0 aliphatic rings. The number of rotatable bonds is 4. The Morgan fingerprint density at radius 2 is 1.90 bits per heavy atom. The Kier molecular flexibility index (Phi) is 4.89. The molecule has 2 rings (SSSR count). The number of benzene rings is 2. The largest absolute Gasteiger partial charge is 0.504 e. The van der Waals surface area contributed by atoms with Gasteiger partial charge >= 0.3 is 0 Å². The molecule has 0 heterocycles. The van der Waals surface area contributed by atoms with Crippen molar-refractivity contribution < 1.29 is 14.6 Å². The van der Waals surface area contributed by atoms with E-state index in [1.165, 1.54) is 31.4 Å². The summed E-state index contributed by atoms with van der Waals surface area (Å²) in [6.07, 6.45) is 3.06.